The molecule has 0 aromatic rings. The third kappa shape index (κ3) is 12.8. The Balaban J connectivity index is 2.06. The van der Waals surface area contributed by atoms with Crippen molar-refractivity contribution in [3.8, 4) is 0 Å². The molecule has 3 atom stereocenters. The Hall–Kier alpha value is -0.160. The predicted octanol–water partition coefficient (Wildman–Crippen LogP) is 6.43. The number of aliphatic hydroxyl groups is 2. The number of hydrogen-bond donors (Lipinski definition) is 2. The molecule has 0 aromatic carbocycles. The highest BCUT2D eigenvalue weighted by Crippen LogP contribution is 2.35. The standard InChI is InChI=1S/C23H46O4/c1-3-5-7-9-11-12-13-14-16-18-20-21(26-23(25)22(24)27-23)19-17-15-10-8-6-4-2/h21-22,24-25H,3-20H2,1-2H3. The lowest BCUT2D eigenvalue weighted by atomic mass is 10.0. The normalized spacial score (nSPS) is 22.9. The number of epoxide rings is 1. The second kappa shape index (κ2) is 15.7. The van der Waals surface area contributed by atoms with E-state index in [0.29, 0.717) is 0 Å². The predicted molar refractivity (Wildman–Crippen MR) is 111 cm³/mol. The van der Waals surface area contributed by atoms with Crippen LogP contribution in [0.1, 0.15) is 129 Å². The molecule has 0 aromatic heterocycles. The second-order valence-electron chi connectivity index (χ2n) is 8.37. The first-order valence-corrected chi connectivity index (χ1v) is 11.9. The molecule has 1 heterocycles. The van der Waals surface area contributed by atoms with Gasteiger partial charge in [0.1, 0.15) is 0 Å². The molecule has 0 aliphatic carbocycles. The summed E-state index contributed by atoms with van der Waals surface area (Å²) in [5.41, 5.74) is 0. The van der Waals surface area contributed by atoms with Gasteiger partial charge in [0.15, 0.2) is 0 Å². The maximum atomic E-state index is 9.91. The smallest absolute Gasteiger partial charge is 0.337 e. The van der Waals surface area contributed by atoms with E-state index in [1.54, 1.807) is 0 Å². The van der Waals surface area contributed by atoms with Gasteiger partial charge >= 0.3 is 5.97 Å². The van der Waals surface area contributed by atoms with Crippen LogP contribution >= 0.6 is 0 Å². The molecule has 1 aliphatic heterocycles. The van der Waals surface area contributed by atoms with Crippen molar-refractivity contribution in [1.29, 1.82) is 0 Å². The van der Waals surface area contributed by atoms with Crippen molar-refractivity contribution in [2.24, 2.45) is 0 Å². The van der Waals surface area contributed by atoms with E-state index in [0.717, 1.165) is 25.7 Å². The Labute approximate surface area is 168 Å². The van der Waals surface area contributed by atoms with Gasteiger partial charge < -0.3 is 14.9 Å². The SMILES string of the molecule is CCCCCCCCCCCCC(CCCCCCCC)OC1(O)OC1O. The van der Waals surface area contributed by atoms with E-state index in [4.69, 9.17) is 9.47 Å². The summed E-state index contributed by atoms with van der Waals surface area (Å²) in [4.78, 5) is 0. The van der Waals surface area contributed by atoms with Crippen molar-refractivity contribution < 1.29 is 19.7 Å². The van der Waals surface area contributed by atoms with Gasteiger partial charge in [0.25, 0.3) is 0 Å². The summed E-state index contributed by atoms with van der Waals surface area (Å²) in [5, 5.41) is 19.3. The van der Waals surface area contributed by atoms with Crippen LogP contribution < -0.4 is 0 Å². The maximum Gasteiger partial charge on any atom is 0.337 e. The molecule has 3 unspecified atom stereocenters. The average molecular weight is 387 g/mol. The molecule has 1 rings (SSSR count). The van der Waals surface area contributed by atoms with Crippen LogP contribution in [0.25, 0.3) is 0 Å². The number of hydrogen-bond acceptors (Lipinski definition) is 4. The Kier molecular flexibility index (Phi) is 14.5. The van der Waals surface area contributed by atoms with Crippen LogP contribution in [-0.4, -0.2) is 28.6 Å². The van der Waals surface area contributed by atoms with Gasteiger partial charge in [-0.15, -0.1) is 0 Å². The van der Waals surface area contributed by atoms with Crippen LogP contribution in [0, 0.1) is 0 Å². The Morgan fingerprint density at radius 3 is 1.37 bits per heavy atom. The van der Waals surface area contributed by atoms with E-state index in [1.807, 2.05) is 0 Å². The average Bonchev–Trinajstić information content (AvgIpc) is 3.25. The summed E-state index contributed by atoms with van der Waals surface area (Å²) in [5.74, 6) is -1.73. The van der Waals surface area contributed by atoms with Gasteiger partial charge in [0.05, 0.1) is 6.10 Å². The van der Waals surface area contributed by atoms with E-state index >= 15 is 0 Å². The fraction of sp³-hybridized carbons (Fsp3) is 1.00. The van der Waals surface area contributed by atoms with Crippen molar-refractivity contribution in [3.63, 3.8) is 0 Å². The Morgan fingerprint density at radius 2 is 1.04 bits per heavy atom. The van der Waals surface area contributed by atoms with E-state index in [1.165, 1.54) is 89.9 Å². The summed E-state index contributed by atoms with van der Waals surface area (Å²) >= 11 is 0. The molecule has 1 fully saturated rings. The summed E-state index contributed by atoms with van der Waals surface area (Å²) in [6.07, 6.45) is 21.5. The molecule has 0 bridgehead atoms. The monoisotopic (exact) mass is 386 g/mol. The van der Waals surface area contributed by atoms with Gasteiger partial charge in [-0.1, -0.05) is 117 Å². The van der Waals surface area contributed by atoms with Crippen molar-refractivity contribution >= 4 is 0 Å². The molecule has 4 heteroatoms. The summed E-state index contributed by atoms with van der Waals surface area (Å²) in [6, 6.07) is 0. The summed E-state index contributed by atoms with van der Waals surface area (Å²) in [6.45, 7) is 4.50. The summed E-state index contributed by atoms with van der Waals surface area (Å²) in [7, 11) is 0. The Bertz CT molecular complexity index is 336. The zero-order valence-electron chi connectivity index (χ0n) is 18.1. The highest BCUT2D eigenvalue weighted by molar-refractivity contribution is 4.76. The molecule has 0 radical (unpaired) electrons. The van der Waals surface area contributed by atoms with Gasteiger partial charge in [-0.2, -0.15) is 0 Å². The van der Waals surface area contributed by atoms with Gasteiger partial charge in [0, 0.05) is 0 Å². The first-order chi connectivity index (χ1) is 13.1. The van der Waals surface area contributed by atoms with Crippen LogP contribution in [0.4, 0.5) is 0 Å². The molecule has 4 nitrogen and oxygen atoms in total. The van der Waals surface area contributed by atoms with Crippen LogP contribution in [0.3, 0.4) is 0 Å². The first-order valence-electron chi connectivity index (χ1n) is 11.9. The molecule has 0 amide bonds. The number of unbranched alkanes of at least 4 members (excludes halogenated alkanes) is 14. The molecule has 0 spiro atoms. The molecule has 1 aliphatic rings. The van der Waals surface area contributed by atoms with E-state index in [9.17, 15) is 10.2 Å². The molecule has 1 saturated heterocycles. The molecule has 162 valence electrons. The van der Waals surface area contributed by atoms with Gasteiger partial charge in [-0.05, 0) is 12.8 Å². The molecule has 27 heavy (non-hydrogen) atoms. The quantitative estimate of drug-likeness (QED) is 0.144. The topological polar surface area (TPSA) is 62.2 Å². The van der Waals surface area contributed by atoms with E-state index in [-0.39, 0.29) is 6.10 Å². The van der Waals surface area contributed by atoms with E-state index in [2.05, 4.69) is 13.8 Å². The maximum absolute atomic E-state index is 9.91. The fourth-order valence-electron chi connectivity index (χ4n) is 3.72. The first kappa shape index (κ1) is 24.9. The summed E-state index contributed by atoms with van der Waals surface area (Å²) < 4.78 is 10.4. The van der Waals surface area contributed by atoms with Crippen LogP contribution in [-0.2, 0) is 9.47 Å². The number of rotatable bonds is 20. The lowest BCUT2D eigenvalue weighted by Crippen LogP contribution is -2.27. The van der Waals surface area contributed by atoms with Gasteiger partial charge in [0.2, 0.25) is 6.29 Å². The van der Waals surface area contributed by atoms with Crippen LogP contribution in [0.15, 0.2) is 0 Å². The molecular weight excluding hydrogens is 340 g/mol. The molecular formula is C23H46O4. The third-order valence-electron chi connectivity index (χ3n) is 5.63. The van der Waals surface area contributed by atoms with Gasteiger partial charge in [-0.3, -0.25) is 4.74 Å². The zero-order valence-corrected chi connectivity index (χ0v) is 18.1. The minimum absolute atomic E-state index is 0.00707. The molecule has 2 N–H and O–H groups in total. The minimum Gasteiger partial charge on any atom is -0.362 e. The van der Waals surface area contributed by atoms with Crippen molar-refractivity contribution in [2.75, 3.05) is 0 Å². The van der Waals surface area contributed by atoms with Gasteiger partial charge in [-0.25, -0.2) is 0 Å². The van der Waals surface area contributed by atoms with Crippen molar-refractivity contribution in [3.05, 3.63) is 0 Å². The largest absolute Gasteiger partial charge is 0.362 e. The third-order valence-corrected chi connectivity index (χ3v) is 5.63. The van der Waals surface area contributed by atoms with Crippen molar-refractivity contribution in [2.45, 2.75) is 148 Å². The Morgan fingerprint density at radius 1 is 0.704 bits per heavy atom. The molecule has 0 saturated carbocycles. The highest BCUT2D eigenvalue weighted by atomic mass is 17.0. The number of ether oxygens (including phenoxy) is 2. The van der Waals surface area contributed by atoms with Crippen LogP contribution in [0.5, 0.6) is 0 Å². The lowest BCUT2D eigenvalue weighted by Gasteiger charge is -2.19. The lowest BCUT2D eigenvalue weighted by molar-refractivity contribution is -0.226. The van der Waals surface area contributed by atoms with Crippen molar-refractivity contribution in [1.82, 2.24) is 0 Å². The number of aliphatic hydroxyl groups excluding tert-OH is 1. The highest BCUT2D eigenvalue weighted by Gasteiger charge is 2.58. The fourth-order valence-corrected chi connectivity index (χ4v) is 3.72. The zero-order chi connectivity index (χ0) is 19.8. The van der Waals surface area contributed by atoms with E-state index < -0.39 is 12.3 Å². The second-order valence-corrected chi connectivity index (χ2v) is 8.37. The minimum atomic E-state index is -1.73. The van der Waals surface area contributed by atoms with Crippen LogP contribution in [0.2, 0.25) is 0 Å².